The van der Waals surface area contributed by atoms with E-state index in [0.29, 0.717) is 5.92 Å². The molecule has 0 bridgehead atoms. The van der Waals surface area contributed by atoms with Crippen molar-refractivity contribution in [1.82, 2.24) is 0 Å². The molecular weight excluding hydrogens is 291 g/mol. The molecule has 0 N–H and O–H groups in total. The van der Waals surface area contributed by atoms with Gasteiger partial charge in [-0.25, -0.2) is 0 Å². The smallest absolute Gasteiger partial charge is 0.137 e. The summed E-state index contributed by atoms with van der Waals surface area (Å²) in [5.74, 6) is 1.27. The van der Waals surface area contributed by atoms with Crippen molar-refractivity contribution in [3.63, 3.8) is 0 Å². The van der Waals surface area contributed by atoms with E-state index in [0.717, 1.165) is 11.1 Å². The van der Waals surface area contributed by atoms with E-state index in [2.05, 4.69) is 61.5 Å². The first-order valence-corrected chi connectivity index (χ1v) is 8.42. The monoisotopic (exact) mass is 308 g/mol. The number of hydrogen-bond acceptors (Lipinski definition) is 1. The quantitative estimate of drug-likeness (QED) is 0.515. The van der Waals surface area contributed by atoms with Crippen LogP contribution >= 0.6 is 0 Å². The van der Waals surface area contributed by atoms with Gasteiger partial charge in [-0.05, 0) is 34.6 Å². The molecule has 2 atom stereocenters. The molecule has 2 unspecified atom stereocenters. The minimum absolute atomic E-state index is 0.352. The molecule has 0 spiro atoms. The van der Waals surface area contributed by atoms with E-state index in [1.165, 1.54) is 33.2 Å². The molecule has 5 rings (SSSR count). The van der Waals surface area contributed by atoms with Gasteiger partial charge in [-0.2, -0.15) is 0 Å². The standard InChI is InChI=1S/C22H17BO/c1-13-14-7-3-4-8-15(14)20-16-9-5-6-10-17(16)21-18(19(13)20)11-12-22(2,23)24-21/h3-13H,1-2H3. The second kappa shape index (κ2) is 4.54. The minimum Gasteiger partial charge on any atom is -0.492 e. The molecule has 2 aliphatic rings. The van der Waals surface area contributed by atoms with Crippen molar-refractivity contribution in [3.8, 4) is 16.9 Å². The van der Waals surface area contributed by atoms with E-state index in [4.69, 9.17) is 12.6 Å². The molecule has 1 heterocycles. The van der Waals surface area contributed by atoms with Crippen molar-refractivity contribution in [2.45, 2.75) is 25.3 Å². The highest BCUT2D eigenvalue weighted by Gasteiger charge is 2.34. The molecule has 0 fully saturated rings. The van der Waals surface area contributed by atoms with Crippen molar-refractivity contribution < 1.29 is 4.74 Å². The van der Waals surface area contributed by atoms with Crippen molar-refractivity contribution in [2.24, 2.45) is 0 Å². The van der Waals surface area contributed by atoms with Crippen LogP contribution in [0.4, 0.5) is 0 Å². The number of ether oxygens (including phenoxy) is 1. The molecule has 1 aliphatic heterocycles. The zero-order valence-corrected chi connectivity index (χ0v) is 13.8. The molecule has 2 heteroatoms. The Morgan fingerprint density at radius 2 is 1.71 bits per heavy atom. The molecule has 114 valence electrons. The average Bonchev–Trinajstić information content (AvgIpc) is 2.88. The molecule has 1 nitrogen and oxygen atoms in total. The lowest BCUT2D eigenvalue weighted by Gasteiger charge is -2.31. The van der Waals surface area contributed by atoms with E-state index < -0.39 is 5.50 Å². The molecule has 0 aromatic heterocycles. The predicted molar refractivity (Wildman–Crippen MR) is 101 cm³/mol. The highest BCUT2D eigenvalue weighted by molar-refractivity contribution is 6.17. The van der Waals surface area contributed by atoms with Crippen LogP contribution in [0.2, 0.25) is 0 Å². The first kappa shape index (κ1) is 13.9. The van der Waals surface area contributed by atoms with E-state index in [1.54, 1.807) is 0 Å². The molecule has 1 aliphatic carbocycles. The maximum Gasteiger partial charge on any atom is 0.137 e. The number of benzene rings is 3. The average molecular weight is 308 g/mol. The summed E-state index contributed by atoms with van der Waals surface area (Å²) in [6, 6.07) is 17.2. The second-order valence-corrected chi connectivity index (χ2v) is 7.01. The van der Waals surface area contributed by atoms with Gasteiger partial charge >= 0.3 is 0 Å². The van der Waals surface area contributed by atoms with Crippen LogP contribution in [-0.2, 0) is 0 Å². The maximum absolute atomic E-state index is 6.24. The number of fused-ring (bicyclic) bond motifs is 8. The van der Waals surface area contributed by atoms with E-state index >= 15 is 0 Å². The summed E-state index contributed by atoms with van der Waals surface area (Å²) in [6.45, 7) is 4.18. The Bertz CT molecular complexity index is 1030. The maximum atomic E-state index is 6.24. The molecule has 0 saturated heterocycles. The molecule has 0 saturated carbocycles. The molecule has 3 aromatic rings. The summed E-state index contributed by atoms with van der Waals surface area (Å²) in [4.78, 5) is 0. The summed E-state index contributed by atoms with van der Waals surface area (Å²) >= 11 is 0. The minimum atomic E-state index is -0.765. The Kier molecular flexibility index (Phi) is 2.63. The SMILES string of the molecule is [B]C1(C)C=Cc2c3c(c4ccccc4c2O1)-c1ccccc1C3C. The Hall–Kier alpha value is -2.48. The van der Waals surface area contributed by atoms with Gasteiger partial charge in [0.15, 0.2) is 0 Å². The van der Waals surface area contributed by atoms with Crippen molar-refractivity contribution in [1.29, 1.82) is 0 Å². The Morgan fingerprint density at radius 3 is 2.54 bits per heavy atom. The van der Waals surface area contributed by atoms with Crippen molar-refractivity contribution in [3.05, 3.63) is 71.3 Å². The second-order valence-electron chi connectivity index (χ2n) is 7.01. The summed E-state index contributed by atoms with van der Waals surface area (Å²) in [7, 11) is 6.24. The lowest BCUT2D eigenvalue weighted by molar-refractivity contribution is 0.227. The van der Waals surface area contributed by atoms with Crippen LogP contribution in [0.1, 0.15) is 36.5 Å². The fourth-order valence-corrected chi connectivity index (χ4v) is 4.22. The van der Waals surface area contributed by atoms with Gasteiger partial charge in [-0.15, -0.1) is 0 Å². The third-order valence-electron chi connectivity index (χ3n) is 5.28. The van der Waals surface area contributed by atoms with Crippen molar-refractivity contribution >= 4 is 24.7 Å². The van der Waals surface area contributed by atoms with Gasteiger partial charge in [-0.3, -0.25) is 0 Å². The van der Waals surface area contributed by atoms with E-state index in [-0.39, 0.29) is 0 Å². The Balaban J connectivity index is 1.97. The van der Waals surface area contributed by atoms with Crippen LogP contribution in [0.15, 0.2) is 54.6 Å². The fourth-order valence-electron chi connectivity index (χ4n) is 4.22. The van der Waals surface area contributed by atoms with Crippen LogP contribution in [0, 0.1) is 0 Å². The summed E-state index contributed by atoms with van der Waals surface area (Å²) in [5.41, 5.74) is 5.85. The Labute approximate surface area is 143 Å². The third-order valence-corrected chi connectivity index (χ3v) is 5.28. The summed E-state index contributed by atoms with van der Waals surface area (Å²) in [6.07, 6.45) is 4.10. The third kappa shape index (κ3) is 1.71. The van der Waals surface area contributed by atoms with Gasteiger partial charge < -0.3 is 4.74 Å². The first-order valence-electron chi connectivity index (χ1n) is 8.42. The first-order chi connectivity index (χ1) is 11.6. The van der Waals surface area contributed by atoms with Gasteiger partial charge in [0.25, 0.3) is 0 Å². The van der Waals surface area contributed by atoms with Crippen LogP contribution in [0.25, 0.3) is 28.0 Å². The van der Waals surface area contributed by atoms with E-state index in [1.807, 2.05) is 13.0 Å². The van der Waals surface area contributed by atoms with Gasteiger partial charge in [0.05, 0.1) is 5.50 Å². The van der Waals surface area contributed by atoms with Gasteiger partial charge in [-0.1, -0.05) is 67.6 Å². The van der Waals surface area contributed by atoms with E-state index in [9.17, 15) is 0 Å². The lowest BCUT2D eigenvalue weighted by Crippen LogP contribution is -2.32. The highest BCUT2D eigenvalue weighted by Crippen LogP contribution is 2.54. The topological polar surface area (TPSA) is 9.23 Å². The normalized spacial score (nSPS) is 23.5. The molecule has 0 amide bonds. The predicted octanol–water partition coefficient (Wildman–Crippen LogP) is 5.26. The molecule has 2 radical (unpaired) electrons. The molecule has 24 heavy (non-hydrogen) atoms. The van der Waals surface area contributed by atoms with Crippen LogP contribution in [-0.4, -0.2) is 13.3 Å². The van der Waals surface area contributed by atoms with Crippen molar-refractivity contribution in [2.75, 3.05) is 0 Å². The highest BCUT2D eigenvalue weighted by atomic mass is 16.5. The van der Waals surface area contributed by atoms with Gasteiger partial charge in [0, 0.05) is 16.9 Å². The Morgan fingerprint density at radius 1 is 1.00 bits per heavy atom. The van der Waals surface area contributed by atoms with Crippen LogP contribution in [0.3, 0.4) is 0 Å². The molecule has 3 aromatic carbocycles. The summed E-state index contributed by atoms with van der Waals surface area (Å²) < 4.78 is 6.20. The zero-order valence-electron chi connectivity index (χ0n) is 13.8. The van der Waals surface area contributed by atoms with Crippen LogP contribution < -0.4 is 4.74 Å². The molecular formula is C22H17BO. The zero-order chi connectivity index (χ0) is 16.5. The van der Waals surface area contributed by atoms with Crippen LogP contribution in [0.5, 0.6) is 5.75 Å². The van der Waals surface area contributed by atoms with Gasteiger partial charge in [0.2, 0.25) is 0 Å². The number of rotatable bonds is 0. The van der Waals surface area contributed by atoms with Gasteiger partial charge in [0.1, 0.15) is 13.6 Å². The summed E-state index contributed by atoms with van der Waals surface area (Å²) in [5, 5.41) is 2.38. The number of hydrogen-bond donors (Lipinski definition) is 0. The lowest BCUT2D eigenvalue weighted by atomic mass is 9.79. The fraction of sp³-hybridized carbons (Fsp3) is 0.182. The largest absolute Gasteiger partial charge is 0.492 e.